The average Bonchev–Trinajstić information content (AvgIpc) is 2.90. The third-order valence-electron chi connectivity index (χ3n) is 2.90. The van der Waals surface area contributed by atoms with E-state index in [-0.39, 0.29) is 23.1 Å². The molecule has 0 aliphatic heterocycles. The maximum Gasteiger partial charge on any atom is 0.273 e. The molecule has 0 unspecified atom stereocenters. The molecular formula is C11H8FN7O4S. The Labute approximate surface area is 133 Å². The molecule has 0 radical (unpaired) electrons. The maximum absolute atomic E-state index is 13.5. The topological polar surface area (TPSA) is 159 Å². The Morgan fingerprint density at radius 2 is 1.96 bits per heavy atom. The molecule has 0 amide bonds. The van der Waals surface area contributed by atoms with Gasteiger partial charge in [0.2, 0.25) is 15.8 Å². The first-order chi connectivity index (χ1) is 11.1. The van der Waals surface area contributed by atoms with Crippen molar-refractivity contribution in [1.29, 1.82) is 0 Å². The highest BCUT2D eigenvalue weighted by molar-refractivity contribution is 7.90. The lowest BCUT2D eigenvalue weighted by Gasteiger charge is -1.99. The third kappa shape index (κ3) is 2.71. The lowest BCUT2D eigenvalue weighted by molar-refractivity contribution is -0.385. The van der Waals surface area contributed by atoms with E-state index in [1.165, 1.54) is 0 Å². The number of nitrogen functional groups attached to an aromatic ring is 1. The molecule has 0 aliphatic rings. The Morgan fingerprint density at radius 1 is 1.25 bits per heavy atom. The molecule has 0 aliphatic carbocycles. The van der Waals surface area contributed by atoms with Crippen molar-refractivity contribution in [3.63, 3.8) is 0 Å². The van der Waals surface area contributed by atoms with Gasteiger partial charge in [0.25, 0.3) is 16.6 Å². The van der Waals surface area contributed by atoms with Gasteiger partial charge in [-0.2, -0.15) is 19.5 Å². The monoisotopic (exact) mass is 353 g/mol. The summed E-state index contributed by atoms with van der Waals surface area (Å²) in [7, 11) is -3.73. The number of fused-ring (bicyclic) bond motifs is 1. The van der Waals surface area contributed by atoms with Crippen molar-refractivity contribution in [3.05, 3.63) is 34.1 Å². The number of non-ortho nitro benzene ring substituents is 1. The molecule has 0 bridgehead atoms. The molecule has 124 valence electrons. The van der Waals surface area contributed by atoms with E-state index in [4.69, 9.17) is 5.73 Å². The van der Waals surface area contributed by atoms with Crippen LogP contribution >= 0.6 is 0 Å². The molecule has 3 rings (SSSR count). The molecule has 2 heterocycles. The fourth-order valence-electron chi connectivity index (χ4n) is 1.88. The Kier molecular flexibility index (Phi) is 3.37. The number of halogens is 1. The molecular weight excluding hydrogens is 345 g/mol. The second kappa shape index (κ2) is 5.16. The SMILES string of the molecule is CS(=O)(=O)c1nc(N)n2nc(-c3cc(F)cc([N+](=O)[O-])c3)nc2n1. The van der Waals surface area contributed by atoms with Crippen LogP contribution in [0, 0.1) is 15.9 Å². The molecule has 13 heteroatoms. The Balaban J connectivity index is 2.22. The van der Waals surface area contributed by atoms with Gasteiger partial charge in [0.15, 0.2) is 5.82 Å². The van der Waals surface area contributed by atoms with E-state index in [1.54, 1.807) is 0 Å². The number of nitro benzene ring substituents is 1. The van der Waals surface area contributed by atoms with E-state index in [2.05, 4.69) is 20.1 Å². The summed E-state index contributed by atoms with van der Waals surface area (Å²) in [6.07, 6.45) is 0.894. The van der Waals surface area contributed by atoms with Crippen LogP contribution in [0.1, 0.15) is 0 Å². The van der Waals surface area contributed by atoms with E-state index >= 15 is 0 Å². The molecule has 0 fully saturated rings. The number of sulfone groups is 1. The van der Waals surface area contributed by atoms with Crippen molar-refractivity contribution in [2.24, 2.45) is 0 Å². The second-order valence-electron chi connectivity index (χ2n) is 4.74. The Hall–Kier alpha value is -3.22. The van der Waals surface area contributed by atoms with Crippen molar-refractivity contribution in [2.45, 2.75) is 5.16 Å². The molecule has 0 saturated carbocycles. The molecule has 11 nitrogen and oxygen atoms in total. The van der Waals surface area contributed by atoms with Gasteiger partial charge in [-0.05, 0) is 6.07 Å². The van der Waals surface area contributed by atoms with Crippen molar-refractivity contribution in [1.82, 2.24) is 24.6 Å². The van der Waals surface area contributed by atoms with Crippen molar-refractivity contribution >= 4 is 27.3 Å². The summed E-state index contributed by atoms with van der Waals surface area (Å²) in [6, 6.07) is 2.80. The van der Waals surface area contributed by atoms with E-state index in [9.17, 15) is 22.9 Å². The number of aromatic nitrogens is 5. The van der Waals surface area contributed by atoms with Crippen LogP contribution in [-0.4, -0.2) is 44.2 Å². The van der Waals surface area contributed by atoms with Crippen LogP contribution in [0.4, 0.5) is 16.0 Å². The molecule has 3 aromatic rings. The number of nitrogens with zero attached hydrogens (tertiary/aromatic N) is 6. The highest BCUT2D eigenvalue weighted by Gasteiger charge is 2.19. The van der Waals surface area contributed by atoms with Crippen LogP contribution in [-0.2, 0) is 9.84 Å². The van der Waals surface area contributed by atoms with Gasteiger partial charge in [-0.15, -0.1) is 5.10 Å². The minimum absolute atomic E-state index is 0.00695. The number of nitrogens with two attached hydrogens (primary N) is 1. The van der Waals surface area contributed by atoms with Crippen molar-refractivity contribution in [3.8, 4) is 11.4 Å². The summed E-state index contributed by atoms with van der Waals surface area (Å²) >= 11 is 0. The smallest absolute Gasteiger partial charge is 0.273 e. The number of anilines is 1. The Morgan fingerprint density at radius 3 is 2.58 bits per heavy atom. The van der Waals surface area contributed by atoms with Gasteiger partial charge in [-0.1, -0.05) is 0 Å². The summed E-state index contributed by atoms with van der Waals surface area (Å²) in [5.74, 6) is -1.46. The minimum atomic E-state index is -3.73. The standard InChI is InChI=1S/C11H8FN7O4S/c1-24(22,23)11-15-9(13)18-10(16-11)14-8(17-18)5-2-6(12)4-7(3-5)19(20)21/h2-4H,1H3,(H2,13,14,15,16,17). The lowest BCUT2D eigenvalue weighted by atomic mass is 10.2. The fourth-order valence-corrected chi connectivity index (χ4v) is 2.39. The molecule has 0 spiro atoms. The Bertz CT molecular complexity index is 1100. The van der Waals surface area contributed by atoms with Crippen LogP contribution in [0.3, 0.4) is 0 Å². The highest BCUT2D eigenvalue weighted by atomic mass is 32.2. The van der Waals surface area contributed by atoms with Gasteiger partial charge in [-0.3, -0.25) is 10.1 Å². The predicted octanol–water partition coefficient (Wildman–Crippen LogP) is 0.219. The summed E-state index contributed by atoms with van der Waals surface area (Å²) in [5, 5.41) is 14.2. The van der Waals surface area contributed by atoms with Crippen LogP contribution in [0.25, 0.3) is 17.2 Å². The van der Waals surface area contributed by atoms with E-state index < -0.39 is 31.4 Å². The van der Waals surface area contributed by atoms with Crippen LogP contribution < -0.4 is 5.73 Å². The van der Waals surface area contributed by atoms with Gasteiger partial charge < -0.3 is 5.73 Å². The lowest BCUT2D eigenvalue weighted by Crippen LogP contribution is -2.11. The van der Waals surface area contributed by atoms with Gasteiger partial charge >= 0.3 is 0 Å². The van der Waals surface area contributed by atoms with Gasteiger partial charge in [0, 0.05) is 17.9 Å². The first-order valence-corrected chi connectivity index (χ1v) is 8.10. The van der Waals surface area contributed by atoms with Gasteiger partial charge in [0.1, 0.15) is 5.82 Å². The van der Waals surface area contributed by atoms with Gasteiger partial charge in [-0.25, -0.2) is 12.8 Å². The van der Waals surface area contributed by atoms with Crippen LogP contribution in [0.2, 0.25) is 0 Å². The maximum atomic E-state index is 13.5. The van der Waals surface area contributed by atoms with Crippen LogP contribution in [0.5, 0.6) is 0 Å². The number of benzene rings is 1. The van der Waals surface area contributed by atoms with Crippen molar-refractivity contribution in [2.75, 3.05) is 12.0 Å². The zero-order valence-corrected chi connectivity index (χ0v) is 12.7. The first kappa shape index (κ1) is 15.7. The summed E-state index contributed by atoms with van der Waals surface area (Å²) in [5.41, 5.74) is 5.14. The molecule has 0 atom stereocenters. The van der Waals surface area contributed by atoms with E-state index in [1.807, 2.05) is 0 Å². The fraction of sp³-hybridized carbons (Fsp3) is 0.0909. The molecule has 2 N–H and O–H groups in total. The molecule has 0 saturated heterocycles. The number of rotatable bonds is 3. The second-order valence-corrected chi connectivity index (χ2v) is 6.65. The normalized spacial score (nSPS) is 11.8. The summed E-state index contributed by atoms with van der Waals surface area (Å²) in [4.78, 5) is 21.3. The first-order valence-electron chi connectivity index (χ1n) is 6.21. The van der Waals surface area contributed by atoms with Crippen LogP contribution in [0.15, 0.2) is 23.4 Å². The summed E-state index contributed by atoms with van der Waals surface area (Å²) in [6.45, 7) is 0. The number of hydrogen-bond donors (Lipinski definition) is 1. The number of hydrogen-bond acceptors (Lipinski definition) is 9. The van der Waals surface area contributed by atoms with Gasteiger partial charge in [0.05, 0.1) is 11.0 Å². The molecule has 1 aromatic carbocycles. The quantitative estimate of drug-likeness (QED) is 0.513. The van der Waals surface area contributed by atoms with E-state index in [0.717, 1.165) is 29.0 Å². The molecule has 24 heavy (non-hydrogen) atoms. The highest BCUT2D eigenvalue weighted by Crippen LogP contribution is 2.24. The molecule has 2 aromatic heterocycles. The largest absolute Gasteiger partial charge is 0.368 e. The summed E-state index contributed by atoms with van der Waals surface area (Å²) < 4.78 is 37.5. The average molecular weight is 353 g/mol. The predicted molar refractivity (Wildman–Crippen MR) is 78.1 cm³/mol. The van der Waals surface area contributed by atoms with Crippen molar-refractivity contribution < 1.29 is 17.7 Å². The van der Waals surface area contributed by atoms with E-state index in [0.29, 0.717) is 0 Å². The third-order valence-corrected chi connectivity index (χ3v) is 3.74. The minimum Gasteiger partial charge on any atom is -0.368 e. The zero-order chi connectivity index (χ0) is 17.6. The number of nitro groups is 1. The zero-order valence-electron chi connectivity index (χ0n) is 11.9.